The van der Waals surface area contributed by atoms with E-state index in [0.29, 0.717) is 30.3 Å². The number of ether oxygens (including phenoxy) is 2. The predicted octanol–water partition coefficient (Wildman–Crippen LogP) is 1.80. The monoisotopic (exact) mass is 288 g/mol. The Morgan fingerprint density at radius 3 is 2.71 bits per heavy atom. The smallest absolute Gasteiger partial charge is 0.337 e. The van der Waals surface area contributed by atoms with Crippen molar-refractivity contribution in [1.29, 1.82) is 0 Å². The van der Waals surface area contributed by atoms with E-state index in [9.17, 15) is 10.1 Å². The summed E-state index contributed by atoms with van der Waals surface area (Å²) in [5.74, 6) is 0.981. The number of benzene rings is 1. The van der Waals surface area contributed by atoms with E-state index in [2.05, 4.69) is 9.97 Å². The molecule has 1 aliphatic heterocycles. The molecule has 0 saturated heterocycles. The van der Waals surface area contributed by atoms with Crippen molar-refractivity contribution in [2.24, 2.45) is 0 Å². The molecule has 108 valence electrons. The Bertz CT molecular complexity index is 705. The van der Waals surface area contributed by atoms with Gasteiger partial charge in [0, 0.05) is 12.0 Å². The Labute approximate surface area is 119 Å². The molecule has 0 amide bonds. The second-order valence-electron chi connectivity index (χ2n) is 4.43. The third-order valence-electron chi connectivity index (χ3n) is 3.05. The number of nitrogen functional groups attached to an aromatic ring is 1. The number of nitrogens with zero attached hydrogens (tertiary/aromatic N) is 3. The summed E-state index contributed by atoms with van der Waals surface area (Å²) in [6, 6.07) is 5.05. The van der Waals surface area contributed by atoms with Gasteiger partial charge in [0.05, 0.1) is 18.1 Å². The number of nitrogens with two attached hydrogens (primary N) is 1. The number of aromatic nitrogens is 2. The Morgan fingerprint density at radius 1 is 1.19 bits per heavy atom. The first-order valence-corrected chi connectivity index (χ1v) is 6.31. The average molecular weight is 288 g/mol. The number of nitro groups is 1. The van der Waals surface area contributed by atoms with Gasteiger partial charge < -0.3 is 15.2 Å². The van der Waals surface area contributed by atoms with Crippen molar-refractivity contribution in [3.63, 3.8) is 0 Å². The van der Waals surface area contributed by atoms with Gasteiger partial charge in [-0.15, -0.1) is 0 Å². The molecule has 1 aromatic carbocycles. The van der Waals surface area contributed by atoms with Gasteiger partial charge in [-0.2, -0.15) is 0 Å². The van der Waals surface area contributed by atoms with Crippen LogP contribution in [0.5, 0.6) is 11.5 Å². The molecule has 0 radical (unpaired) electrons. The Morgan fingerprint density at radius 2 is 1.95 bits per heavy atom. The molecule has 1 aromatic heterocycles. The minimum atomic E-state index is -0.590. The van der Waals surface area contributed by atoms with Crippen LogP contribution < -0.4 is 15.2 Å². The van der Waals surface area contributed by atoms with Gasteiger partial charge in [-0.3, -0.25) is 10.1 Å². The Balaban J connectivity index is 2.11. The molecule has 8 heteroatoms. The van der Waals surface area contributed by atoms with E-state index in [1.54, 1.807) is 18.2 Å². The zero-order valence-corrected chi connectivity index (χ0v) is 11.0. The standard InChI is InChI=1S/C13H12N4O4/c14-13-12(17(18)19)11(15-7-16-13)8-2-3-9-10(6-8)21-5-1-4-20-9/h2-3,6-7H,1,4-5H2,(H2,14,15,16). The van der Waals surface area contributed by atoms with Crippen molar-refractivity contribution in [1.82, 2.24) is 9.97 Å². The predicted molar refractivity (Wildman–Crippen MR) is 74.1 cm³/mol. The van der Waals surface area contributed by atoms with Gasteiger partial charge in [-0.05, 0) is 18.2 Å². The molecule has 0 saturated carbocycles. The minimum Gasteiger partial charge on any atom is -0.490 e. The molecular formula is C13H12N4O4. The first kappa shape index (κ1) is 13.1. The van der Waals surface area contributed by atoms with E-state index in [1.165, 1.54) is 6.33 Å². The molecule has 0 aliphatic carbocycles. The highest BCUT2D eigenvalue weighted by Gasteiger charge is 2.23. The van der Waals surface area contributed by atoms with Crippen LogP contribution in [0.25, 0.3) is 11.3 Å². The molecule has 0 bridgehead atoms. The van der Waals surface area contributed by atoms with E-state index >= 15 is 0 Å². The summed E-state index contributed by atoms with van der Waals surface area (Å²) in [5, 5.41) is 11.1. The second-order valence-corrected chi connectivity index (χ2v) is 4.43. The van der Waals surface area contributed by atoms with E-state index in [1.807, 2.05) is 0 Å². The lowest BCUT2D eigenvalue weighted by atomic mass is 10.1. The van der Waals surface area contributed by atoms with Crippen LogP contribution in [-0.4, -0.2) is 28.1 Å². The molecule has 2 N–H and O–H groups in total. The van der Waals surface area contributed by atoms with Crippen LogP contribution in [0.3, 0.4) is 0 Å². The summed E-state index contributed by atoms with van der Waals surface area (Å²) in [7, 11) is 0. The van der Waals surface area contributed by atoms with E-state index in [4.69, 9.17) is 15.2 Å². The van der Waals surface area contributed by atoms with Crippen molar-refractivity contribution >= 4 is 11.5 Å². The van der Waals surface area contributed by atoms with Gasteiger partial charge in [0.1, 0.15) is 6.33 Å². The molecule has 3 rings (SSSR count). The largest absolute Gasteiger partial charge is 0.490 e. The lowest BCUT2D eigenvalue weighted by molar-refractivity contribution is -0.383. The highest BCUT2D eigenvalue weighted by atomic mass is 16.6. The number of fused-ring (bicyclic) bond motifs is 1. The van der Waals surface area contributed by atoms with E-state index < -0.39 is 4.92 Å². The maximum atomic E-state index is 11.1. The van der Waals surface area contributed by atoms with Crippen LogP contribution >= 0.6 is 0 Å². The number of hydrogen-bond acceptors (Lipinski definition) is 7. The van der Waals surface area contributed by atoms with Crippen molar-refractivity contribution in [2.75, 3.05) is 18.9 Å². The third-order valence-corrected chi connectivity index (χ3v) is 3.05. The molecule has 1 aliphatic rings. The van der Waals surface area contributed by atoms with Gasteiger partial charge in [-0.1, -0.05) is 0 Å². The molecule has 0 fully saturated rings. The summed E-state index contributed by atoms with van der Waals surface area (Å²) in [6.07, 6.45) is 1.98. The number of hydrogen-bond donors (Lipinski definition) is 1. The average Bonchev–Trinajstić information content (AvgIpc) is 2.71. The first-order chi connectivity index (χ1) is 10.2. The molecule has 2 heterocycles. The van der Waals surface area contributed by atoms with Crippen molar-refractivity contribution in [2.45, 2.75) is 6.42 Å². The van der Waals surface area contributed by atoms with Crippen molar-refractivity contribution in [3.8, 4) is 22.8 Å². The molecular weight excluding hydrogens is 276 g/mol. The molecule has 21 heavy (non-hydrogen) atoms. The van der Waals surface area contributed by atoms with Crippen LogP contribution in [0.1, 0.15) is 6.42 Å². The van der Waals surface area contributed by atoms with Gasteiger partial charge in [0.2, 0.25) is 5.82 Å². The zero-order valence-electron chi connectivity index (χ0n) is 11.0. The normalized spacial score (nSPS) is 13.5. The summed E-state index contributed by atoms with van der Waals surface area (Å²) in [4.78, 5) is 18.2. The van der Waals surface area contributed by atoms with Gasteiger partial charge in [0.15, 0.2) is 17.2 Å². The summed E-state index contributed by atoms with van der Waals surface area (Å²) >= 11 is 0. The lowest BCUT2D eigenvalue weighted by Gasteiger charge is -2.09. The van der Waals surface area contributed by atoms with Gasteiger partial charge in [-0.25, -0.2) is 9.97 Å². The minimum absolute atomic E-state index is 0.156. The highest BCUT2D eigenvalue weighted by molar-refractivity contribution is 5.77. The van der Waals surface area contributed by atoms with Gasteiger partial charge in [0.25, 0.3) is 0 Å². The molecule has 0 unspecified atom stereocenters. The van der Waals surface area contributed by atoms with Crippen molar-refractivity contribution in [3.05, 3.63) is 34.6 Å². The van der Waals surface area contributed by atoms with E-state index in [0.717, 1.165) is 6.42 Å². The number of rotatable bonds is 2. The van der Waals surface area contributed by atoms with Crippen LogP contribution in [0, 0.1) is 10.1 Å². The number of anilines is 1. The zero-order chi connectivity index (χ0) is 14.8. The highest BCUT2D eigenvalue weighted by Crippen LogP contribution is 2.37. The second kappa shape index (κ2) is 5.23. The molecule has 0 atom stereocenters. The SMILES string of the molecule is Nc1ncnc(-c2ccc3c(c2)OCCCO3)c1[N+](=O)[O-]. The third kappa shape index (κ3) is 2.42. The van der Waals surface area contributed by atoms with Crippen LogP contribution in [0.15, 0.2) is 24.5 Å². The maximum absolute atomic E-state index is 11.1. The Hall–Kier alpha value is -2.90. The topological polar surface area (TPSA) is 113 Å². The van der Waals surface area contributed by atoms with Crippen LogP contribution in [-0.2, 0) is 0 Å². The summed E-state index contributed by atoms with van der Waals surface area (Å²) in [6.45, 7) is 1.11. The fourth-order valence-corrected chi connectivity index (χ4v) is 2.09. The van der Waals surface area contributed by atoms with Crippen LogP contribution in [0.4, 0.5) is 11.5 Å². The molecule has 2 aromatic rings. The maximum Gasteiger partial charge on any atom is 0.337 e. The molecule has 8 nitrogen and oxygen atoms in total. The fraction of sp³-hybridized carbons (Fsp3) is 0.231. The molecule has 0 spiro atoms. The summed E-state index contributed by atoms with van der Waals surface area (Å²) in [5.41, 5.74) is 5.94. The Kier molecular flexibility index (Phi) is 3.27. The lowest BCUT2D eigenvalue weighted by Crippen LogP contribution is -2.02. The van der Waals surface area contributed by atoms with Crippen LogP contribution in [0.2, 0.25) is 0 Å². The first-order valence-electron chi connectivity index (χ1n) is 6.31. The fourth-order valence-electron chi connectivity index (χ4n) is 2.09. The van der Waals surface area contributed by atoms with Crippen molar-refractivity contribution < 1.29 is 14.4 Å². The summed E-state index contributed by atoms with van der Waals surface area (Å²) < 4.78 is 11.1. The van der Waals surface area contributed by atoms with E-state index in [-0.39, 0.29) is 17.2 Å². The quantitative estimate of drug-likeness (QED) is 0.661. The van der Waals surface area contributed by atoms with Gasteiger partial charge >= 0.3 is 5.69 Å².